The monoisotopic (exact) mass is 240 g/mol. The number of nitriles is 1. The predicted octanol–water partition coefficient (Wildman–Crippen LogP) is 3.23. The molecule has 1 aromatic rings. The topological polar surface area (TPSA) is 23.8 Å². The summed E-state index contributed by atoms with van der Waals surface area (Å²) in [5.41, 5.74) is 1.19. The summed E-state index contributed by atoms with van der Waals surface area (Å²) < 4.78 is 13.2. The Kier molecular flexibility index (Phi) is 3.44. The molecule has 0 N–H and O–H groups in total. The van der Waals surface area contributed by atoms with Crippen LogP contribution in [-0.4, -0.2) is 6.67 Å². The summed E-state index contributed by atoms with van der Waals surface area (Å²) in [6.07, 6.45) is 0. The average molecular weight is 241 g/mol. The molecule has 0 saturated heterocycles. The molecular formula is C10H8BrFN. The first-order valence-corrected chi connectivity index (χ1v) is 4.56. The van der Waals surface area contributed by atoms with Crippen LogP contribution in [-0.2, 0) is 0 Å². The van der Waals surface area contributed by atoms with E-state index in [0.29, 0.717) is 17.0 Å². The fourth-order valence-electron chi connectivity index (χ4n) is 1.04. The predicted molar refractivity (Wildman–Crippen MR) is 52.9 cm³/mol. The Bertz CT molecular complexity index is 343. The summed E-state index contributed by atoms with van der Waals surface area (Å²) in [5.74, 6) is 0.581. The van der Waals surface area contributed by atoms with Gasteiger partial charge in [0, 0.05) is 10.4 Å². The van der Waals surface area contributed by atoms with Crippen molar-refractivity contribution in [3.8, 4) is 6.07 Å². The van der Waals surface area contributed by atoms with Gasteiger partial charge in [0.2, 0.25) is 0 Å². The van der Waals surface area contributed by atoms with Gasteiger partial charge in [-0.15, -0.1) is 0 Å². The van der Waals surface area contributed by atoms with Crippen molar-refractivity contribution in [2.24, 2.45) is 0 Å². The zero-order valence-corrected chi connectivity index (χ0v) is 8.73. The Hall–Kier alpha value is -0.880. The molecule has 3 heteroatoms. The lowest BCUT2D eigenvalue weighted by Gasteiger charge is -2.08. The molecule has 0 spiro atoms. The maximum Gasteiger partial charge on any atom is 0.0998 e. The first kappa shape index (κ1) is 10.2. The van der Waals surface area contributed by atoms with Gasteiger partial charge in [0.1, 0.15) is 0 Å². The van der Waals surface area contributed by atoms with Gasteiger partial charge in [-0.1, -0.05) is 22.9 Å². The first-order valence-electron chi connectivity index (χ1n) is 3.77. The molecule has 1 rings (SSSR count). The van der Waals surface area contributed by atoms with Crippen LogP contribution < -0.4 is 0 Å². The summed E-state index contributed by atoms with van der Waals surface area (Å²) in [4.78, 5) is 0. The van der Waals surface area contributed by atoms with Gasteiger partial charge in [-0.05, 0) is 23.8 Å². The summed E-state index contributed by atoms with van der Waals surface area (Å²) >= 11 is 3.28. The molecule has 0 aliphatic carbocycles. The average Bonchev–Trinajstić information content (AvgIpc) is 2.16. The number of alkyl halides is 1. The largest absolute Gasteiger partial charge is 0.250 e. The fourth-order valence-corrected chi connectivity index (χ4v) is 1.40. The maximum atomic E-state index is 12.4. The van der Waals surface area contributed by atoms with E-state index in [-0.39, 0.29) is 0 Å². The first-order chi connectivity index (χ1) is 6.19. The summed E-state index contributed by atoms with van der Waals surface area (Å²) in [6, 6.07) is 7.24. The highest BCUT2D eigenvalue weighted by molar-refractivity contribution is 9.10. The van der Waals surface area contributed by atoms with Crippen LogP contribution in [0.5, 0.6) is 0 Å². The molecule has 0 bridgehead atoms. The summed E-state index contributed by atoms with van der Waals surface area (Å²) in [5, 5.41) is 8.75. The van der Waals surface area contributed by atoms with Gasteiger partial charge in [-0.3, -0.25) is 4.39 Å². The van der Waals surface area contributed by atoms with E-state index in [1.807, 2.05) is 6.07 Å². The summed E-state index contributed by atoms with van der Waals surface area (Å²) in [6.45, 7) is 1.16. The second-order valence-electron chi connectivity index (χ2n) is 2.72. The molecule has 0 heterocycles. The standard InChI is InChI=1S/C10H8BrFN/c1-7(5-12)10-4-9(11)3-2-8(10)6-13/h2-4H,5H2,1H3. The zero-order chi connectivity index (χ0) is 9.84. The number of halogens is 2. The molecule has 67 valence electrons. The van der Waals surface area contributed by atoms with Crippen LogP contribution >= 0.6 is 15.9 Å². The number of benzene rings is 1. The minimum Gasteiger partial charge on any atom is -0.250 e. The fraction of sp³-hybridized carbons (Fsp3) is 0.200. The molecule has 0 saturated carbocycles. The van der Waals surface area contributed by atoms with Crippen molar-refractivity contribution in [3.05, 3.63) is 39.7 Å². The van der Waals surface area contributed by atoms with Gasteiger partial charge in [0.05, 0.1) is 18.3 Å². The van der Waals surface area contributed by atoms with E-state index in [0.717, 1.165) is 4.47 Å². The Morgan fingerprint density at radius 1 is 1.62 bits per heavy atom. The van der Waals surface area contributed by atoms with Crippen LogP contribution in [0.25, 0.3) is 0 Å². The lowest BCUT2D eigenvalue weighted by Crippen LogP contribution is -1.99. The highest BCUT2D eigenvalue weighted by atomic mass is 79.9. The smallest absolute Gasteiger partial charge is 0.0998 e. The number of nitrogens with zero attached hydrogens (tertiary/aromatic N) is 1. The Morgan fingerprint density at radius 3 is 2.85 bits per heavy atom. The Morgan fingerprint density at radius 2 is 2.31 bits per heavy atom. The number of hydrogen-bond acceptors (Lipinski definition) is 1. The van der Waals surface area contributed by atoms with Crippen molar-refractivity contribution in [2.45, 2.75) is 6.92 Å². The van der Waals surface area contributed by atoms with Crippen LogP contribution in [0.15, 0.2) is 22.7 Å². The Balaban J connectivity index is 3.17. The minimum absolute atomic E-state index is 0.512. The molecule has 0 fully saturated rings. The van der Waals surface area contributed by atoms with E-state index in [1.54, 1.807) is 25.1 Å². The van der Waals surface area contributed by atoms with Crippen LogP contribution in [0.1, 0.15) is 18.1 Å². The van der Waals surface area contributed by atoms with Gasteiger partial charge in [0.25, 0.3) is 0 Å². The van der Waals surface area contributed by atoms with Crippen molar-refractivity contribution in [1.29, 1.82) is 5.26 Å². The molecule has 1 radical (unpaired) electrons. The van der Waals surface area contributed by atoms with Crippen molar-refractivity contribution >= 4 is 15.9 Å². The van der Waals surface area contributed by atoms with Gasteiger partial charge >= 0.3 is 0 Å². The third-order valence-electron chi connectivity index (χ3n) is 1.76. The molecule has 1 aromatic carbocycles. The normalized spacial score (nSPS) is 10.1. The van der Waals surface area contributed by atoms with Gasteiger partial charge in [0.15, 0.2) is 0 Å². The molecule has 0 aliphatic heterocycles. The van der Waals surface area contributed by atoms with Gasteiger partial charge in [-0.25, -0.2) is 0 Å². The lowest BCUT2D eigenvalue weighted by atomic mass is 9.97. The maximum absolute atomic E-state index is 12.4. The highest BCUT2D eigenvalue weighted by Gasteiger charge is 2.11. The molecular weight excluding hydrogens is 233 g/mol. The van der Waals surface area contributed by atoms with E-state index in [2.05, 4.69) is 15.9 Å². The third kappa shape index (κ3) is 2.28. The van der Waals surface area contributed by atoms with E-state index >= 15 is 0 Å². The zero-order valence-electron chi connectivity index (χ0n) is 7.14. The Labute approximate surface area is 85.3 Å². The van der Waals surface area contributed by atoms with E-state index < -0.39 is 6.67 Å². The lowest BCUT2D eigenvalue weighted by molar-refractivity contribution is 0.516. The molecule has 0 atom stereocenters. The second-order valence-corrected chi connectivity index (χ2v) is 3.63. The van der Waals surface area contributed by atoms with E-state index in [1.165, 1.54) is 0 Å². The minimum atomic E-state index is -0.523. The quantitative estimate of drug-likeness (QED) is 0.779. The number of rotatable bonds is 2. The van der Waals surface area contributed by atoms with Crippen molar-refractivity contribution < 1.29 is 4.39 Å². The third-order valence-corrected chi connectivity index (χ3v) is 2.26. The van der Waals surface area contributed by atoms with Crippen molar-refractivity contribution in [3.63, 3.8) is 0 Å². The van der Waals surface area contributed by atoms with Crippen LogP contribution in [0, 0.1) is 17.2 Å². The second kappa shape index (κ2) is 4.38. The van der Waals surface area contributed by atoms with Crippen LogP contribution in [0.3, 0.4) is 0 Å². The molecule has 13 heavy (non-hydrogen) atoms. The van der Waals surface area contributed by atoms with Crippen molar-refractivity contribution in [1.82, 2.24) is 0 Å². The van der Waals surface area contributed by atoms with Crippen LogP contribution in [0.4, 0.5) is 4.39 Å². The summed E-state index contributed by atoms with van der Waals surface area (Å²) in [7, 11) is 0. The molecule has 0 aromatic heterocycles. The van der Waals surface area contributed by atoms with E-state index in [4.69, 9.17) is 5.26 Å². The molecule has 0 unspecified atom stereocenters. The van der Waals surface area contributed by atoms with E-state index in [9.17, 15) is 4.39 Å². The molecule has 0 amide bonds. The molecule has 0 aliphatic rings. The SMILES string of the molecule is C[C](CF)c1cc(Br)ccc1C#N. The van der Waals surface area contributed by atoms with Gasteiger partial charge < -0.3 is 0 Å². The van der Waals surface area contributed by atoms with Crippen molar-refractivity contribution in [2.75, 3.05) is 6.67 Å². The number of hydrogen-bond donors (Lipinski definition) is 0. The van der Waals surface area contributed by atoms with Crippen LogP contribution in [0.2, 0.25) is 0 Å². The highest BCUT2D eigenvalue weighted by Crippen LogP contribution is 2.23. The molecule has 1 nitrogen and oxygen atoms in total. The van der Waals surface area contributed by atoms with Gasteiger partial charge in [-0.2, -0.15) is 5.26 Å².